The van der Waals surface area contributed by atoms with Gasteiger partial charge in [-0.3, -0.25) is 4.90 Å². The molecular weight excluding hydrogens is 242 g/mol. The van der Waals surface area contributed by atoms with E-state index in [1.165, 1.54) is 25.5 Å². The molecule has 4 heteroatoms. The van der Waals surface area contributed by atoms with Crippen molar-refractivity contribution in [2.45, 2.75) is 37.6 Å². The summed E-state index contributed by atoms with van der Waals surface area (Å²) in [7, 11) is 3.12. The number of carbonyl (C=O) groups is 1. The number of amides is 1. The van der Waals surface area contributed by atoms with E-state index in [1.54, 1.807) is 7.11 Å². The molecule has 1 heterocycles. The van der Waals surface area contributed by atoms with E-state index in [1.807, 2.05) is 17.0 Å². The van der Waals surface area contributed by atoms with Crippen molar-refractivity contribution in [3.8, 4) is 5.75 Å². The third-order valence-corrected chi connectivity index (χ3v) is 4.33. The maximum Gasteiger partial charge on any atom is 0.414 e. The molecule has 1 aliphatic heterocycles. The van der Waals surface area contributed by atoms with Crippen LogP contribution in [0.25, 0.3) is 0 Å². The van der Waals surface area contributed by atoms with E-state index in [0.29, 0.717) is 5.92 Å². The van der Waals surface area contributed by atoms with E-state index in [-0.39, 0.29) is 12.1 Å². The molecule has 2 atom stereocenters. The van der Waals surface area contributed by atoms with Crippen LogP contribution in [-0.2, 0) is 4.74 Å². The Labute approximate surface area is 113 Å². The number of rotatable bonds is 1. The van der Waals surface area contributed by atoms with E-state index in [9.17, 15) is 4.79 Å². The number of methoxy groups -OCH3 is 2. The van der Waals surface area contributed by atoms with Crippen molar-refractivity contribution in [2.24, 2.45) is 0 Å². The number of anilines is 1. The van der Waals surface area contributed by atoms with Crippen LogP contribution in [0, 0.1) is 0 Å². The molecule has 2 aliphatic rings. The summed E-state index contributed by atoms with van der Waals surface area (Å²) in [6, 6.07) is 6.21. The van der Waals surface area contributed by atoms with E-state index in [2.05, 4.69) is 6.07 Å². The third kappa shape index (κ3) is 1.86. The second-order valence-corrected chi connectivity index (χ2v) is 5.22. The molecule has 1 amide bonds. The number of fused-ring (bicyclic) bond motifs is 3. The highest BCUT2D eigenvalue weighted by atomic mass is 16.5. The lowest BCUT2D eigenvalue weighted by molar-refractivity contribution is 0.174. The number of ether oxygens (including phenoxy) is 2. The first-order valence-corrected chi connectivity index (χ1v) is 6.81. The van der Waals surface area contributed by atoms with Gasteiger partial charge in [-0.05, 0) is 36.6 Å². The van der Waals surface area contributed by atoms with Gasteiger partial charge in [0.25, 0.3) is 0 Å². The third-order valence-electron chi connectivity index (χ3n) is 4.33. The predicted molar refractivity (Wildman–Crippen MR) is 72.9 cm³/mol. The van der Waals surface area contributed by atoms with Gasteiger partial charge in [-0.15, -0.1) is 0 Å². The molecule has 0 bridgehead atoms. The van der Waals surface area contributed by atoms with Crippen LogP contribution in [0.5, 0.6) is 5.75 Å². The Hall–Kier alpha value is -1.71. The second-order valence-electron chi connectivity index (χ2n) is 5.22. The number of benzene rings is 1. The maximum atomic E-state index is 12.1. The van der Waals surface area contributed by atoms with Crippen molar-refractivity contribution in [3.05, 3.63) is 23.8 Å². The molecule has 4 nitrogen and oxygen atoms in total. The predicted octanol–water partition coefficient (Wildman–Crippen LogP) is 3.31. The van der Waals surface area contributed by atoms with Crippen molar-refractivity contribution in [2.75, 3.05) is 19.1 Å². The molecule has 1 aliphatic carbocycles. The summed E-state index contributed by atoms with van der Waals surface area (Å²) >= 11 is 0. The SMILES string of the molecule is COC(=O)N1c2ccc(OC)cc2[C@@H]2CCCC[C@H]21. The average Bonchev–Trinajstić information content (AvgIpc) is 2.80. The maximum absolute atomic E-state index is 12.1. The summed E-state index contributed by atoms with van der Waals surface area (Å²) in [4.78, 5) is 13.9. The summed E-state index contributed by atoms with van der Waals surface area (Å²) in [5, 5.41) is 0. The highest BCUT2D eigenvalue weighted by molar-refractivity contribution is 5.92. The molecule has 0 saturated heterocycles. The minimum Gasteiger partial charge on any atom is -0.497 e. The molecule has 0 unspecified atom stereocenters. The number of hydrogen-bond donors (Lipinski definition) is 0. The van der Waals surface area contributed by atoms with Gasteiger partial charge in [-0.1, -0.05) is 12.8 Å². The van der Waals surface area contributed by atoms with E-state index in [0.717, 1.165) is 24.3 Å². The van der Waals surface area contributed by atoms with E-state index < -0.39 is 0 Å². The molecule has 1 fully saturated rings. The minimum absolute atomic E-state index is 0.249. The van der Waals surface area contributed by atoms with Crippen molar-refractivity contribution >= 4 is 11.8 Å². The summed E-state index contributed by atoms with van der Waals surface area (Å²) in [5.74, 6) is 1.28. The highest BCUT2D eigenvalue weighted by Gasteiger charge is 2.43. The largest absolute Gasteiger partial charge is 0.497 e. The Bertz CT molecular complexity index is 500. The zero-order chi connectivity index (χ0) is 13.4. The number of carbonyl (C=O) groups excluding carboxylic acids is 1. The molecule has 0 radical (unpaired) electrons. The van der Waals surface area contributed by atoms with Gasteiger partial charge in [0, 0.05) is 12.0 Å². The molecule has 1 aromatic rings. The average molecular weight is 261 g/mol. The Morgan fingerprint density at radius 2 is 2.05 bits per heavy atom. The molecular formula is C15H19NO3. The Kier molecular flexibility index (Phi) is 3.09. The fourth-order valence-electron chi connectivity index (χ4n) is 3.47. The van der Waals surface area contributed by atoms with Gasteiger partial charge in [0.2, 0.25) is 0 Å². The zero-order valence-electron chi connectivity index (χ0n) is 11.4. The van der Waals surface area contributed by atoms with Crippen LogP contribution in [0.15, 0.2) is 18.2 Å². The Morgan fingerprint density at radius 3 is 2.79 bits per heavy atom. The topological polar surface area (TPSA) is 38.8 Å². The molecule has 3 rings (SSSR count). The Balaban J connectivity index is 2.06. The van der Waals surface area contributed by atoms with Gasteiger partial charge in [-0.25, -0.2) is 4.79 Å². The molecule has 19 heavy (non-hydrogen) atoms. The van der Waals surface area contributed by atoms with Gasteiger partial charge < -0.3 is 9.47 Å². The lowest BCUT2D eigenvalue weighted by atomic mass is 9.82. The molecule has 0 aromatic heterocycles. The first-order chi connectivity index (χ1) is 9.26. The van der Waals surface area contributed by atoms with Gasteiger partial charge in [-0.2, -0.15) is 0 Å². The van der Waals surface area contributed by atoms with Gasteiger partial charge in [0.15, 0.2) is 0 Å². The first kappa shape index (κ1) is 12.3. The van der Waals surface area contributed by atoms with Crippen LogP contribution in [0.4, 0.5) is 10.5 Å². The van der Waals surface area contributed by atoms with Crippen LogP contribution in [0.1, 0.15) is 37.2 Å². The van der Waals surface area contributed by atoms with Crippen LogP contribution in [0.2, 0.25) is 0 Å². The summed E-state index contributed by atoms with van der Waals surface area (Å²) < 4.78 is 10.3. The highest BCUT2D eigenvalue weighted by Crippen LogP contribution is 2.48. The standard InChI is InChI=1S/C15H19NO3/c1-18-10-7-8-14-12(9-10)11-5-3-4-6-13(11)16(14)15(17)19-2/h7-9,11,13H,3-6H2,1-2H3/t11-,13+/m0/s1. The Morgan fingerprint density at radius 1 is 1.26 bits per heavy atom. The normalized spacial score (nSPS) is 24.6. The van der Waals surface area contributed by atoms with Crippen molar-refractivity contribution < 1.29 is 14.3 Å². The number of hydrogen-bond acceptors (Lipinski definition) is 3. The minimum atomic E-state index is -0.249. The smallest absolute Gasteiger partial charge is 0.414 e. The second kappa shape index (κ2) is 4.76. The van der Waals surface area contributed by atoms with Crippen molar-refractivity contribution in [1.82, 2.24) is 0 Å². The first-order valence-electron chi connectivity index (χ1n) is 6.81. The van der Waals surface area contributed by atoms with E-state index in [4.69, 9.17) is 9.47 Å². The zero-order valence-corrected chi connectivity index (χ0v) is 11.4. The van der Waals surface area contributed by atoms with Gasteiger partial charge in [0.05, 0.1) is 19.9 Å². The summed E-state index contributed by atoms with van der Waals surface area (Å²) in [5.41, 5.74) is 2.22. The monoisotopic (exact) mass is 261 g/mol. The molecule has 1 aromatic carbocycles. The van der Waals surface area contributed by atoms with Crippen molar-refractivity contribution in [3.63, 3.8) is 0 Å². The lowest BCUT2D eigenvalue weighted by Crippen LogP contribution is -2.40. The van der Waals surface area contributed by atoms with Crippen LogP contribution in [-0.4, -0.2) is 26.4 Å². The van der Waals surface area contributed by atoms with Crippen LogP contribution in [0.3, 0.4) is 0 Å². The molecule has 102 valence electrons. The summed E-state index contributed by atoms with van der Waals surface area (Å²) in [6.45, 7) is 0. The van der Waals surface area contributed by atoms with Gasteiger partial charge in [0.1, 0.15) is 5.75 Å². The lowest BCUT2D eigenvalue weighted by Gasteiger charge is -2.31. The van der Waals surface area contributed by atoms with Gasteiger partial charge >= 0.3 is 6.09 Å². The fourth-order valence-corrected chi connectivity index (χ4v) is 3.47. The van der Waals surface area contributed by atoms with E-state index >= 15 is 0 Å². The summed E-state index contributed by atoms with van der Waals surface area (Å²) in [6.07, 6.45) is 4.35. The van der Waals surface area contributed by atoms with Crippen LogP contribution < -0.4 is 9.64 Å². The molecule has 0 N–H and O–H groups in total. The number of nitrogens with zero attached hydrogens (tertiary/aromatic N) is 1. The quantitative estimate of drug-likeness (QED) is 0.778. The van der Waals surface area contributed by atoms with Crippen LogP contribution >= 0.6 is 0 Å². The van der Waals surface area contributed by atoms with Crippen molar-refractivity contribution in [1.29, 1.82) is 0 Å². The molecule has 1 saturated carbocycles. The fraction of sp³-hybridized carbons (Fsp3) is 0.533. The molecule has 0 spiro atoms.